The molecule has 0 aliphatic rings. The fraction of sp³-hybridized carbons (Fsp3) is 0.108. The van der Waals surface area contributed by atoms with Gasteiger partial charge < -0.3 is 24.1 Å². The van der Waals surface area contributed by atoms with Crippen LogP contribution in [0.1, 0.15) is 78.4 Å². The average Bonchev–Trinajstić information content (AvgIpc) is 1.68. The van der Waals surface area contributed by atoms with Crippen molar-refractivity contribution in [3.63, 3.8) is 0 Å². The van der Waals surface area contributed by atoms with E-state index in [9.17, 15) is 0 Å². The number of rotatable bonds is 20. The van der Waals surface area contributed by atoms with Crippen molar-refractivity contribution in [2.24, 2.45) is 0 Å². The van der Waals surface area contributed by atoms with Crippen LogP contribution in [0.25, 0.3) is 189 Å². The molecule has 0 aliphatic carbocycles. The Labute approximate surface area is 699 Å². The van der Waals surface area contributed by atoms with E-state index in [0.29, 0.717) is 0 Å². The van der Waals surface area contributed by atoms with Gasteiger partial charge in [0.05, 0.1) is 22.1 Å². The summed E-state index contributed by atoms with van der Waals surface area (Å²) in [6.07, 6.45) is 10.1. The van der Waals surface area contributed by atoms with E-state index < -0.39 is 0 Å². The minimum atomic E-state index is -0.0547. The number of aromatic nitrogens is 5. The molecule has 0 N–H and O–H groups in total. The third-order valence-electron chi connectivity index (χ3n) is 23.8. The van der Waals surface area contributed by atoms with E-state index in [1.165, 1.54) is 54.9 Å². The van der Waals surface area contributed by atoms with E-state index in [1.54, 1.807) is 0 Å². The number of hydrogen-bond acceptors (Lipinski definition) is 3. The van der Waals surface area contributed by atoms with Gasteiger partial charge in [-0.3, -0.25) is 0 Å². The van der Waals surface area contributed by atoms with Crippen molar-refractivity contribution in [1.82, 2.24) is 24.1 Å². The third-order valence-corrected chi connectivity index (χ3v) is 23.8. The number of hydrogen-bond donors (Lipinski definition) is 0. The summed E-state index contributed by atoms with van der Waals surface area (Å²) < 4.78 is 4.98. The molecule has 5 aromatic heterocycles. The minimum absolute atomic E-state index is 0. The molecule has 0 radical (unpaired) electrons. The molecule has 19 rings (SSSR count). The van der Waals surface area contributed by atoms with Crippen LogP contribution in [0.2, 0.25) is 0 Å². The zero-order chi connectivity index (χ0) is 78.4. The Bertz CT molecular complexity index is 6580. The van der Waals surface area contributed by atoms with Gasteiger partial charge in [0.25, 0.3) is 0 Å². The van der Waals surface area contributed by atoms with E-state index in [2.05, 4.69) is 403 Å². The molecule has 0 spiro atoms. The monoisotopic (exact) mass is 1680 g/mol. The second kappa shape index (κ2) is 31.9. The normalized spacial score (nSPS) is 11.7. The molecule has 0 unspecified atom stereocenters. The van der Waals surface area contributed by atoms with Gasteiger partial charge in [0, 0.05) is 40.1 Å². The van der Waals surface area contributed by atoms with Crippen molar-refractivity contribution in [2.75, 3.05) is 0 Å². The van der Waals surface area contributed by atoms with Crippen LogP contribution >= 0.6 is 0 Å². The number of benzene rings is 14. The summed E-state index contributed by atoms with van der Waals surface area (Å²) in [7, 11) is 0. The van der Waals surface area contributed by atoms with Crippen molar-refractivity contribution >= 4 is 43.6 Å². The molecule has 0 fully saturated rings. The van der Waals surface area contributed by atoms with Gasteiger partial charge in [0.15, 0.2) is 0 Å². The summed E-state index contributed by atoms with van der Waals surface area (Å²) in [6.45, 7) is 13.9. The molecule has 0 amide bonds. The standard InChI is InChI=1S/C111H86N5.Ir/c1-7-59-110(3,4)85-57-62-113-102(72-85)80-48-53-96(108(70-80)115-104-45-26-24-42-94(104)99-67-77(50-55-106(99)115)74-30-12-9-13-31-74)91-40-22-19-37-88(91)83-64-82(87-36-18-21-39-90(87)93-52-47-79(101-44-28-29-61-112-101)69-98(93)76-34-16-11-17-35-76)65-84(66-83)89-38-20-23-41-92(89)97-54-49-81(103-73-86(58-63-114-103)111(5,6)60-8-2)71-109(97)116-105-46-27-25-43-95(105)100-68-78(51-56-107(100)116)75-32-14-10-15-33-75;/h9-46,50-58,61-73H,7-8,59-60H2,1-6H3;/q-3;+3. The van der Waals surface area contributed by atoms with Crippen LogP contribution in [0.5, 0.6) is 0 Å². The van der Waals surface area contributed by atoms with Crippen LogP contribution in [0.15, 0.2) is 364 Å². The maximum atomic E-state index is 5.16. The zero-order valence-corrected chi connectivity index (χ0v) is 68.9. The summed E-state index contributed by atoms with van der Waals surface area (Å²) in [4.78, 5) is 15.2. The zero-order valence-electron chi connectivity index (χ0n) is 66.5. The van der Waals surface area contributed by atoms with Crippen LogP contribution in [-0.2, 0) is 30.9 Å². The molecule has 5 heterocycles. The second-order valence-electron chi connectivity index (χ2n) is 32.0. The Morgan fingerprint density at radius 1 is 0.256 bits per heavy atom. The molecule has 0 atom stereocenters. The van der Waals surface area contributed by atoms with Crippen molar-refractivity contribution in [1.29, 1.82) is 0 Å². The van der Waals surface area contributed by atoms with Crippen molar-refractivity contribution in [3.8, 4) is 145 Å². The molecular weight excluding hydrogens is 1600 g/mol. The molecule has 0 aliphatic heterocycles. The molecular formula is C111H86IrN5. The fourth-order valence-corrected chi connectivity index (χ4v) is 17.9. The van der Waals surface area contributed by atoms with Crippen LogP contribution in [0, 0.1) is 18.2 Å². The maximum Gasteiger partial charge on any atom is 3.00 e. The molecule has 0 bridgehead atoms. The van der Waals surface area contributed by atoms with Gasteiger partial charge in [-0.05, 0) is 197 Å². The van der Waals surface area contributed by atoms with Gasteiger partial charge in [0.1, 0.15) is 0 Å². The van der Waals surface area contributed by atoms with E-state index in [0.717, 1.165) is 171 Å². The number of para-hydroxylation sites is 2. The number of pyridine rings is 3. The Balaban J connectivity index is 0.00000945. The first-order valence-corrected chi connectivity index (χ1v) is 40.6. The molecule has 6 heteroatoms. The largest absolute Gasteiger partial charge is 3.00 e. The van der Waals surface area contributed by atoms with Crippen LogP contribution in [-0.4, -0.2) is 24.1 Å². The molecule has 117 heavy (non-hydrogen) atoms. The van der Waals surface area contributed by atoms with Gasteiger partial charge in [-0.15, -0.1) is 71.3 Å². The minimum Gasteiger partial charge on any atom is -0.326 e. The van der Waals surface area contributed by atoms with Crippen LogP contribution in [0.3, 0.4) is 0 Å². The topological polar surface area (TPSA) is 48.5 Å². The molecule has 0 saturated heterocycles. The summed E-state index contributed by atoms with van der Waals surface area (Å²) in [5, 5.41) is 4.70. The van der Waals surface area contributed by atoms with E-state index >= 15 is 0 Å². The first kappa shape index (κ1) is 75.2. The number of fused-ring (bicyclic) bond motifs is 6. The Kier molecular flexibility index (Phi) is 20.5. The summed E-state index contributed by atoms with van der Waals surface area (Å²) in [5.41, 5.74) is 33.8. The van der Waals surface area contributed by atoms with Crippen molar-refractivity contribution < 1.29 is 20.1 Å². The second-order valence-corrected chi connectivity index (χ2v) is 32.0. The molecule has 0 saturated carbocycles. The Morgan fingerprint density at radius 2 is 0.615 bits per heavy atom. The van der Waals surface area contributed by atoms with Crippen molar-refractivity contribution in [3.05, 3.63) is 394 Å². The van der Waals surface area contributed by atoms with E-state index in [4.69, 9.17) is 15.0 Å². The van der Waals surface area contributed by atoms with Gasteiger partial charge in [-0.2, -0.15) is 0 Å². The summed E-state index contributed by atoms with van der Waals surface area (Å²) >= 11 is 0. The van der Waals surface area contributed by atoms with Gasteiger partial charge in [-0.25, -0.2) is 0 Å². The van der Waals surface area contributed by atoms with Gasteiger partial charge >= 0.3 is 20.1 Å². The van der Waals surface area contributed by atoms with E-state index in [-0.39, 0.29) is 30.9 Å². The van der Waals surface area contributed by atoms with Crippen LogP contribution in [0.4, 0.5) is 0 Å². The van der Waals surface area contributed by atoms with Gasteiger partial charge in [0.2, 0.25) is 0 Å². The Hall–Kier alpha value is -13.2. The molecule has 564 valence electrons. The maximum absolute atomic E-state index is 5.16. The molecule has 14 aromatic carbocycles. The van der Waals surface area contributed by atoms with Crippen LogP contribution < -0.4 is 0 Å². The Morgan fingerprint density at radius 3 is 1.04 bits per heavy atom. The van der Waals surface area contributed by atoms with Gasteiger partial charge in [-0.1, -0.05) is 330 Å². The SMILES string of the molecule is CCCC(C)(C)c1ccnc(-c2[c-]cc(-c3ccccc3-c3cc(-c4ccccc4-c4c[c-]c(-c5ccccn5)cc4-c4ccccc4)cc(-c4ccccc4-c4c[c-]c(-c5cc(C(C)(C)CCC)ccn5)cc4-n4c5ccccc5c5cc(-c6ccccc6)ccc54)c3)c(-n3c4ccccc4c4cc(-c5ccccc5)ccc43)c2)c1.[Ir+3]. The van der Waals surface area contributed by atoms with E-state index in [1.807, 2.05) is 30.7 Å². The summed E-state index contributed by atoms with van der Waals surface area (Å²) in [6, 6.07) is 138. The smallest absolute Gasteiger partial charge is 0.326 e. The predicted molar refractivity (Wildman–Crippen MR) is 486 cm³/mol. The third kappa shape index (κ3) is 14.2. The molecule has 19 aromatic rings. The first-order chi connectivity index (χ1) is 56.9. The average molecular weight is 1680 g/mol. The fourth-order valence-electron chi connectivity index (χ4n) is 17.9. The van der Waals surface area contributed by atoms with Crippen molar-refractivity contribution in [2.45, 2.75) is 78.1 Å². The molecule has 5 nitrogen and oxygen atoms in total. The summed E-state index contributed by atoms with van der Waals surface area (Å²) in [5.74, 6) is 0. The predicted octanol–water partition coefficient (Wildman–Crippen LogP) is 29.6. The first-order valence-electron chi connectivity index (χ1n) is 40.6. The quantitative estimate of drug-likeness (QED) is 0.0715. The number of nitrogens with zero attached hydrogens (tertiary/aromatic N) is 5.